The molecule has 4 heterocycles. The van der Waals surface area contributed by atoms with Gasteiger partial charge in [-0.1, -0.05) is 12.6 Å². The van der Waals surface area contributed by atoms with Gasteiger partial charge in [0, 0.05) is 55.7 Å². The van der Waals surface area contributed by atoms with Crippen molar-refractivity contribution in [2.24, 2.45) is 0 Å². The molecule has 0 aliphatic carbocycles. The molecule has 50 heavy (non-hydrogen) atoms. The summed E-state index contributed by atoms with van der Waals surface area (Å²) in [4.78, 5) is 26.6. The highest BCUT2D eigenvalue weighted by Gasteiger charge is 2.40. The lowest BCUT2D eigenvalue weighted by Gasteiger charge is -2.32. The molecule has 4 atom stereocenters. The topological polar surface area (TPSA) is 121 Å². The van der Waals surface area contributed by atoms with E-state index in [9.17, 15) is 27.6 Å². The summed E-state index contributed by atoms with van der Waals surface area (Å²) in [6, 6.07) is 3.30. The third-order valence-corrected chi connectivity index (χ3v) is 10.8. The van der Waals surface area contributed by atoms with Gasteiger partial charge in [0.15, 0.2) is 5.82 Å². The third-order valence-electron chi connectivity index (χ3n) is 9.79. The number of nitrogen functional groups attached to an aromatic ring is 1. The Labute approximate surface area is 288 Å². The number of aromatic nitrogens is 2. The number of benzene rings is 2. The summed E-state index contributed by atoms with van der Waals surface area (Å²) in [6.07, 6.45) is -2.86. The van der Waals surface area contributed by atoms with Crippen LogP contribution in [-0.4, -0.2) is 90.8 Å². The molecule has 0 bridgehead atoms. The number of nitriles is 1. The summed E-state index contributed by atoms with van der Waals surface area (Å²) in [6.45, 7) is 6.45. The van der Waals surface area contributed by atoms with Crippen LogP contribution in [0, 0.1) is 23.0 Å². The van der Waals surface area contributed by atoms with Crippen molar-refractivity contribution < 1.29 is 36.2 Å². The van der Waals surface area contributed by atoms with Crippen molar-refractivity contribution >= 4 is 49.1 Å². The molecule has 2 saturated heterocycles. The summed E-state index contributed by atoms with van der Waals surface area (Å²) in [5.74, 6) is -2.52. The smallest absolute Gasteiger partial charge is 0.417 e. The van der Waals surface area contributed by atoms with E-state index in [4.69, 9.17) is 15.2 Å². The number of anilines is 2. The summed E-state index contributed by atoms with van der Waals surface area (Å²) in [7, 11) is 5.11. The Morgan fingerprint density at radius 1 is 1.30 bits per heavy atom. The van der Waals surface area contributed by atoms with Crippen LogP contribution in [0.1, 0.15) is 30.9 Å². The number of nitrogens with zero attached hydrogens (tertiary/aromatic N) is 6. The molecule has 2 aromatic carbocycles. The highest BCUT2D eigenvalue weighted by molar-refractivity contribution is 7.23. The lowest BCUT2D eigenvalue weighted by molar-refractivity contribution is -0.137. The van der Waals surface area contributed by atoms with E-state index in [-0.39, 0.29) is 68.1 Å². The highest BCUT2D eigenvalue weighted by Crippen LogP contribution is 2.48. The van der Waals surface area contributed by atoms with Crippen molar-refractivity contribution in [2.45, 2.75) is 50.2 Å². The van der Waals surface area contributed by atoms with Crippen LogP contribution < -0.4 is 15.4 Å². The molecule has 0 spiro atoms. The number of thiophene rings is 1. The fraction of sp³-hybridized carbons (Fsp3) is 0.412. The van der Waals surface area contributed by atoms with Gasteiger partial charge in [0.2, 0.25) is 5.91 Å². The summed E-state index contributed by atoms with van der Waals surface area (Å²) in [5, 5.41) is 9.22. The largest absolute Gasteiger partial charge is 0.462 e. The molecule has 4 unspecified atom stereocenters. The fourth-order valence-electron chi connectivity index (χ4n) is 7.11. The van der Waals surface area contributed by atoms with Gasteiger partial charge in [-0.25, -0.2) is 8.78 Å². The first-order valence-corrected chi connectivity index (χ1v) is 16.6. The van der Waals surface area contributed by atoms with E-state index >= 15 is 4.39 Å². The van der Waals surface area contributed by atoms with E-state index in [0.717, 1.165) is 18.2 Å². The molecule has 0 saturated carbocycles. The van der Waals surface area contributed by atoms with Gasteiger partial charge < -0.3 is 25.0 Å². The minimum Gasteiger partial charge on any atom is -0.462 e. The van der Waals surface area contributed by atoms with Gasteiger partial charge in [-0.05, 0) is 50.6 Å². The minimum atomic E-state index is -5.11. The number of likely N-dealkylation sites (tertiary alicyclic amines) is 2. The van der Waals surface area contributed by atoms with Crippen LogP contribution in [0.4, 0.5) is 32.8 Å². The molecule has 264 valence electrons. The molecule has 0 radical (unpaired) electrons. The molecule has 1 amide bonds. The van der Waals surface area contributed by atoms with Crippen LogP contribution in [0.3, 0.4) is 0 Å². The highest BCUT2D eigenvalue weighted by atomic mass is 32.1. The average molecular weight is 716 g/mol. The lowest BCUT2D eigenvalue weighted by atomic mass is 9.92. The Morgan fingerprint density at radius 2 is 2.04 bits per heavy atom. The zero-order valence-corrected chi connectivity index (χ0v) is 28.5. The second kappa shape index (κ2) is 13.3. The minimum absolute atomic E-state index is 0.0318. The first kappa shape index (κ1) is 35.2. The molecule has 2 N–H and O–H groups in total. The van der Waals surface area contributed by atoms with E-state index < -0.39 is 46.5 Å². The van der Waals surface area contributed by atoms with Crippen molar-refractivity contribution in [3.63, 3.8) is 0 Å². The van der Waals surface area contributed by atoms with E-state index in [2.05, 4.69) is 16.5 Å². The summed E-state index contributed by atoms with van der Waals surface area (Å²) < 4.78 is 88.2. The van der Waals surface area contributed by atoms with Gasteiger partial charge in [-0.2, -0.15) is 28.4 Å². The monoisotopic (exact) mass is 715 g/mol. The number of alkyl halides is 3. The number of halogens is 5. The molecular formula is C34H34F5N7O3S. The first-order valence-electron chi connectivity index (χ1n) is 15.7. The SMILES string of the molecule is C=CC(=O)N1CCC(N(C)c2nc(OCC3CC(OC)CN3C)nc3c(F)c(-c4ccc(F)c5sc(N)c(C#N)c45)c(C(F)(F)F)cc23)C1C. The molecule has 4 aromatic rings. The molecule has 2 fully saturated rings. The standard InChI is InChI=1S/C34H34F5N7O3S/c1-6-25(47)46-10-9-24(16(46)2)45(4)32-20-12-22(34(37,38)39)27(19-7-8-23(35)30-26(19)21(13-40)31(41)50-30)28(36)29(20)42-33(43-32)49-15-17-11-18(48-5)14-44(17)3/h6-8,12,16-18,24H,1,9-11,14-15,41H2,2-5H3. The van der Waals surface area contributed by atoms with Gasteiger partial charge in [-0.15, -0.1) is 11.3 Å². The van der Waals surface area contributed by atoms with Gasteiger partial charge in [0.1, 0.15) is 34.8 Å². The van der Waals surface area contributed by atoms with Gasteiger partial charge in [-0.3, -0.25) is 9.69 Å². The van der Waals surface area contributed by atoms with Crippen LogP contribution in [0.15, 0.2) is 30.9 Å². The Morgan fingerprint density at radius 3 is 2.68 bits per heavy atom. The van der Waals surface area contributed by atoms with Crippen molar-refractivity contribution in [3.05, 3.63) is 53.6 Å². The van der Waals surface area contributed by atoms with Gasteiger partial charge >= 0.3 is 12.2 Å². The van der Waals surface area contributed by atoms with E-state index in [1.54, 1.807) is 30.9 Å². The number of hydrogen-bond acceptors (Lipinski definition) is 10. The molecule has 2 aliphatic rings. The third kappa shape index (κ3) is 5.96. The molecule has 10 nitrogen and oxygen atoms in total. The fourth-order valence-corrected chi connectivity index (χ4v) is 8.06. The number of methoxy groups -OCH3 is 1. The summed E-state index contributed by atoms with van der Waals surface area (Å²) >= 11 is 0.686. The second-order valence-electron chi connectivity index (χ2n) is 12.5. The molecular weight excluding hydrogens is 681 g/mol. The molecule has 2 aliphatic heterocycles. The maximum Gasteiger partial charge on any atom is 0.417 e. The van der Waals surface area contributed by atoms with Crippen molar-refractivity contribution in [2.75, 3.05) is 51.5 Å². The van der Waals surface area contributed by atoms with Crippen LogP contribution in [0.5, 0.6) is 6.01 Å². The van der Waals surface area contributed by atoms with Gasteiger partial charge in [0.25, 0.3) is 0 Å². The zero-order chi connectivity index (χ0) is 36.2. The quantitative estimate of drug-likeness (QED) is 0.174. The molecule has 2 aromatic heterocycles. The Hall–Kier alpha value is -4.59. The van der Waals surface area contributed by atoms with E-state index in [1.807, 2.05) is 18.0 Å². The van der Waals surface area contributed by atoms with Crippen LogP contribution in [0.25, 0.3) is 32.1 Å². The molecule has 16 heteroatoms. The Bertz CT molecular complexity index is 2050. The predicted molar refractivity (Wildman–Crippen MR) is 180 cm³/mol. The van der Waals surface area contributed by atoms with Crippen LogP contribution in [0.2, 0.25) is 0 Å². The summed E-state index contributed by atoms with van der Waals surface area (Å²) in [5.41, 5.74) is 2.56. The van der Waals surface area contributed by atoms with E-state index in [0.29, 0.717) is 37.3 Å². The maximum atomic E-state index is 17.1. The number of ether oxygens (including phenoxy) is 2. The normalized spacial score (nSPS) is 21.2. The number of likely N-dealkylation sites (N-methyl/N-ethyl adjacent to an activating group) is 2. The van der Waals surface area contributed by atoms with Crippen LogP contribution in [-0.2, 0) is 15.7 Å². The number of fused-ring (bicyclic) bond motifs is 2. The number of rotatable bonds is 8. The predicted octanol–water partition coefficient (Wildman–Crippen LogP) is 5.97. The van der Waals surface area contributed by atoms with Crippen molar-refractivity contribution in [1.29, 1.82) is 5.26 Å². The number of amides is 1. The first-order chi connectivity index (χ1) is 23.7. The van der Waals surface area contributed by atoms with Crippen molar-refractivity contribution in [3.8, 4) is 23.2 Å². The Balaban J connectivity index is 1.58. The number of carbonyl (C=O) groups is 1. The van der Waals surface area contributed by atoms with E-state index in [1.165, 1.54) is 6.08 Å². The lowest BCUT2D eigenvalue weighted by Crippen LogP contribution is -2.43. The second-order valence-corrected chi connectivity index (χ2v) is 13.6. The number of carbonyl (C=O) groups excluding carboxylic acids is 1. The number of hydrogen-bond donors (Lipinski definition) is 1. The number of nitrogens with two attached hydrogens (primary N) is 1. The molecule has 6 rings (SSSR count). The van der Waals surface area contributed by atoms with Gasteiger partial charge in [0.05, 0.1) is 28.0 Å². The average Bonchev–Trinajstić information content (AvgIpc) is 3.76. The van der Waals surface area contributed by atoms with Crippen molar-refractivity contribution in [1.82, 2.24) is 19.8 Å². The van der Waals surface area contributed by atoms with Crippen LogP contribution >= 0.6 is 11.3 Å². The Kier molecular flexibility index (Phi) is 9.35. The zero-order valence-electron chi connectivity index (χ0n) is 27.6. The maximum absolute atomic E-state index is 17.1.